The van der Waals surface area contributed by atoms with Gasteiger partial charge in [-0.2, -0.15) is 0 Å². The van der Waals surface area contributed by atoms with Crippen molar-refractivity contribution in [2.75, 3.05) is 0 Å². The van der Waals surface area contributed by atoms with Gasteiger partial charge in [-0.15, -0.1) is 0 Å². The second-order valence-corrected chi connectivity index (χ2v) is 2.71. The van der Waals surface area contributed by atoms with E-state index in [4.69, 9.17) is 15.9 Å². The molecule has 0 aliphatic carbocycles. The van der Waals surface area contributed by atoms with Crippen molar-refractivity contribution in [2.45, 2.75) is 19.4 Å². The van der Waals surface area contributed by atoms with Gasteiger partial charge in [0.1, 0.15) is 5.76 Å². The van der Waals surface area contributed by atoms with Crippen molar-refractivity contribution in [1.82, 2.24) is 0 Å². The van der Waals surface area contributed by atoms with Crippen LogP contribution in [0.3, 0.4) is 0 Å². The van der Waals surface area contributed by atoms with Gasteiger partial charge in [0.05, 0.1) is 6.26 Å². The third-order valence-corrected chi connectivity index (χ3v) is 1.72. The van der Waals surface area contributed by atoms with Crippen LogP contribution in [-0.2, 0) is 4.79 Å². The second kappa shape index (κ2) is 3.40. The summed E-state index contributed by atoms with van der Waals surface area (Å²) in [5.41, 5.74) is 11.5. The van der Waals surface area contributed by atoms with Crippen LogP contribution in [0.1, 0.15) is 23.8 Å². The molecule has 1 aromatic rings. The van der Waals surface area contributed by atoms with Crippen molar-refractivity contribution < 1.29 is 9.21 Å². The molecule has 0 spiro atoms. The van der Waals surface area contributed by atoms with Crippen LogP contribution in [0.25, 0.3) is 0 Å². The van der Waals surface area contributed by atoms with Crippen molar-refractivity contribution in [3.63, 3.8) is 0 Å². The van der Waals surface area contributed by atoms with Gasteiger partial charge in [-0.1, -0.05) is 0 Å². The van der Waals surface area contributed by atoms with Gasteiger partial charge >= 0.3 is 0 Å². The molecule has 1 atom stereocenters. The van der Waals surface area contributed by atoms with E-state index in [9.17, 15) is 4.79 Å². The number of amides is 1. The lowest BCUT2D eigenvalue weighted by Gasteiger charge is -2.06. The lowest BCUT2D eigenvalue weighted by molar-refractivity contribution is -0.118. The van der Waals surface area contributed by atoms with Gasteiger partial charge in [0, 0.05) is 18.0 Å². The van der Waals surface area contributed by atoms with Gasteiger partial charge in [0.25, 0.3) is 0 Å². The minimum absolute atomic E-state index is 0.153. The standard InChI is InChI=1S/C8H12N2O2/c1-5-6(2-3-12-5)7(9)4-8(10)11/h2-3,7H,4,9H2,1H3,(H2,10,11)/t7-/m0/s1. The molecule has 0 radical (unpaired) electrons. The number of primary amides is 1. The normalized spacial score (nSPS) is 12.8. The summed E-state index contributed by atoms with van der Waals surface area (Å²) in [7, 11) is 0. The van der Waals surface area contributed by atoms with Gasteiger partial charge in [-0.25, -0.2) is 0 Å². The van der Waals surface area contributed by atoms with E-state index in [1.807, 2.05) is 0 Å². The number of hydrogen-bond donors (Lipinski definition) is 2. The average Bonchev–Trinajstić information content (AvgIpc) is 2.33. The van der Waals surface area contributed by atoms with E-state index in [-0.39, 0.29) is 12.5 Å². The van der Waals surface area contributed by atoms with Crippen LogP contribution < -0.4 is 11.5 Å². The summed E-state index contributed by atoms with van der Waals surface area (Å²) in [5.74, 6) is 0.340. The maximum atomic E-state index is 10.5. The molecule has 1 aromatic heterocycles. The zero-order valence-electron chi connectivity index (χ0n) is 6.91. The molecule has 0 aromatic carbocycles. The lowest BCUT2D eigenvalue weighted by atomic mass is 10.1. The molecule has 0 saturated heterocycles. The van der Waals surface area contributed by atoms with Crippen molar-refractivity contribution in [2.24, 2.45) is 11.5 Å². The van der Waals surface area contributed by atoms with Crippen molar-refractivity contribution >= 4 is 5.91 Å². The van der Waals surface area contributed by atoms with Gasteiger partial charge < -0.3 is 15.9 Å². The SMILES string of the molecule is Cc1occc1[C@@H](N)CC(N)=O. The molecule has 4 nitrogen and oxygen atoms in total. The van der Waals surface area contributed by atoms with Crippen LogP contribution in [0, 0.1) is 6.92 Å². The first kappa shape index (κ1) is 8.80. The molecular weight excluding hydrogens is 156 g/mol. The Labute approximate surface area is 70.5 Å². The van der Waals surface area contributed by atoms with E-state index >= 15 is 0 Å². The van der Waals surface area contributed by atoms with Crippen molar-refractivity contribution in [3.05, 3.63) is 23.7 Å². The summed E-state index contributed by atoms with van der Waals surface area (Å²) < 4.78 is 5.04. The molecule has 0 unspecified atom stereocenters. The Morgan fingerprint density at radius 3 is 2.83 bits per heavy atom. The van der Waals surface area contributed by atoms with Crippen LogP contribution >= 0.6 is 0 Å². The number of hydrogen-bond acceptors (Lipinski definition) is 3. The quantitative estimate of drug-likeness (QED) is 0.688. The Balaban J connectivity index is 2.71. The van der Waals surface area contributed by atoms with E-state index in [2.05, 4.69) is 0 Å². The van der Waals surface area contributed by atoms with E-state index in [0.717, 1.165) is 11.3 Å². The molecule has 0 saturated carbocycles. The first-order chi connectivity index (χ1) is 5.61. The summed E-state index contributed by atoms with van der Waals surface area (Å²) in [6.45, 7) is 1.80. The van der Waals surface area contributed by atoms with Crippen LogP contribution in [0.2, 0.25) is 0 Å². The third kappa shape index (κ3) is 1.85. The van der Waals surface area contributed by atoms with Crippen LogP contribution in [0.4, 0.5) is 0 Å². The fourth-order valence-corrected chi connectivity index (χ4v) is 1.11. The molecule has 1 amide bonds. The first-order valence-electron chi connectivity index (χ1n) is 3.69. The van der Waals surface area contributed by atoms with E-state index < -0.39 is 5.91 Å². The second-order valence-electron chi connectivity index (χ2n) is 2.71. The van der Waals surface area contributed by atoms with E-state index in [1.165, 1.54) is 0 Å². The lowest BCUT2D eigenvalue weighted by Crippen LogP contribution is -2.20. The summed E-state index contributed by atoms with van der Waals surface area (Å²) in [6, 6.07) is 1.41. The highest BCUT2D eigenvalue weighted by Crippen LogP contribution is 2.18. The summed E-state index contributed by atoms with van der Waals surface area (Å²) >= 11 is 0. The molecular formula is C8H12N2O2. The van der Waals surface area contributed by atoms with Gasteiger partial charge in [-0.3, -0.25) is 4.79 Å². The number of nitrogens with two attached hydrogens (primary N) is 2. The Bertz CT molecular complexity index is 280. The predicted octanol–water partition coefficient (Wildman–Crippen LogP) is 0.463. The van der Waals surface area contributed by atoms with Gasteiger partial charge in [-0.05, 0) is 13.0 Å². The predicted molar refractivity (Wildman–Crippen MR) is 44.2 cm³/mol. The fraction of sp³-hybridized carbons (Fsp3) is 0.375. The summed E-state index contributed by atoms with van der Waals surface area (Å²) in [6.07, 6.45) is 1.70. The molecule has 0 aliphatic rings. The Morgan fingerprint density at radius 2 is 2.42 bits per heavy atom. The molecule has 66 valence electrons. The highest BCUT2D eigenvalue weighted by molar-refractivity contribution is 5.74. The highest BCUT2D eigenvalue weighted by atomic mass is 16.3. The number of rotatable bonds is 3. The summed E-state index contributed by atoms with van der Waals surface area (Å²) in [5, 5.41) is 0. The topological polar surface area (TPSA) is 82.2 Å². The zero-order chi connectivity index (χ0) is 9.14. The molecule has 0 bridgehead atoms. The minimum Gasteiger partial charge on any atom is -0.469 e. The van der Waals surface area contributed by atoms with Crippen LogP contribution in [0.15, 0.2) is 16.7 Å². The maximum absolute atomic E-state index is 10.5. The van der Waals surface area contributed by atoms with Crippen molar-refractivity contribution in [1.29, 1.82) is 0 Å². The molecule has 4 heteroatoms. The number of furan rings is 1. The molecule has 0 aliphatic heterocycles. The van der Waals surface area contributed by atoms with Gasteiger partial charge in [0.15, 0.2) is 0 Å². The maximum Gasteiger partial charge on any atom is 0.219 e. The number of carbonyl (C=O) groups is 1. The zero-order valence-corrected chi connectivity index (χ0v) is 6.91. The Kier molecular flexibility index (Phi) is 2.50. The smallest absolute Gasteiger partial charge is 0.219 e. The monoisotopic (exact) mass is 168 g/mol. The molecule has 1 rings (SSSR count). The number of carbonyl (C=O) groups excluding carboxylic acids is 1. The average molecular weight is 168 g/mol. The highest BCUT2D eigenvalue weighted by Gasteiger charge is 2.12. The van der Waals surface area contributed by atoms with Crippen LogP contribution in [0.5, 0.6) is 0 Å². The Morgan fingerprint density at radius 1 is 1.75 bits per heavy atom. The number of aryl methyl sites for hydroxylation is 1. The third-order valence-electron chi connectivity index (χ3n) is 1.72. The summed E-state index contributed by atoms with van der Waals surface area (Å²) in [4.78, 5) is 10.5. The Hall–Kier alpha value is -1.29. The van der Waals surface area contributed by atoms with Crippen molar-refractivity contribution in [3.8, 4) is 0 Å². The largest absolute Gasteiger partial charge is 0.469 e. The van der Waals surface area contributed by atoms with Crippen LogP contribution in [-0.4, -0.2) is 5.91 Å². The molecule has 12 heavy (non-hydrogen) atoms. The first-order valence-corrected chi connectivity index (χ1v) is 3.69. The van der Waals surface area contributed by atoms with Gasteiger partial charge in [0.2, 0.25) is 5.91 Å². The van der Waals surface area contributed by atoms with E-state index in [0.29, 0.717) is 0 Å². The van der Waals surface area contributed by atoms with E-state index in [1.54, 1.807) is 19.3 Å². The fourth-order valence-electron chi connectivity index (χ4n) is 1.11. The molecule has 0 fully saturated rings. The minimum atomic E-state index is -0.400. The molecule has 1 heterocycles. The molecule has 4 N–H and O–H groups in total.